The van der Waals surface area contributed by atoms with E-state index in [0.29, 0.717) is 49.6 Å². The summed E-state index contributed by atoms with van der Waals surface area (Å²) in [6, 6.07) is 9.35. The van der Waals surface area contributed by atoms with Crippen LogP contribution in [0, 0.1) is 12.8 Å². The molecule has 1 fully saturated rings. The van der Waals surface area contributed by atoms with E-state index in [2.05, 4.69) is 20.4 Å². The lowest BCUT2D eigenvalue weighted by molar-refractivity contribution is -0.121. The second kappa shape index (κ2) is 9.07. The summed E-state index contributed by atoms with van der Waals surface area (Å²) >= 11 is 0. The zero-order valence-electron chi connectivity index (χ0n) is 17.8. The summed E-state index contributed by atoms with van der Waals surface area (Å²) in [7, 11) is 0. The standard InChI is InChI=1S/C23H26N6O2/c1-3-19-18(15-26-29(19)21-6-4-5-10-25-21)23(31)28-12-8-17(9-13-28)22(30)27-20-14-16(2)7-11-24-20/h4-7,10-11,14-15,17H,3,8-9,12-13H2,1-2H3,(H,24,27,30). The number of pyridine rings is 2. The molecule has 4 heterocycles. The third-order valence-corrected chi connectivity index (χ3v) is 5.62. The molecule has 0 saturated carbocycles. The lowest BCUT2D eigenvalue weighted by Gasteiger charge is -2.31. The molecule has 0 spiro atoms. The Hall–Kier alpha value is -3.55. The predicted octanol–water partition coefficient (Wildman–Crippen LogP) is 3.02. The van der Waals surface area contributed by atoms with Crippen LogP contribution in [0.3, 0.4) is 0 Å². The Morgan fingerprint density at radius 3 is 2.61 bits per heavy atom. The SMILES string of the molecule is CCc1c(C(=O)N2CCC(C(=O)Nc3cc(C)ccn3)CC2)cnn1-c1ccccn1. The Kier molecular flexibility index (Phi) is 6.06. The number of nitrogens with one attached hydrogen (secondary N) is 1. The number of rotatable bonds is 5. The Morgan fingerprint density at radius 2 is 1.94 bits per heavy atom. The second-order valence-corrected chi connectivity index (χ2v) is 7.73. The van der Waals surface area contributed by atoms with Crippen molar-refractivity contribution in [1.29, 1.82) is 0 Å². The minimum absolute atomic E-state index is 0.0394. The second-order valence-electron chi connectivity index (χ2n) is 7.73. The van der Waals surface area contributed by atoms with Gasteiger partial charge in [0.25, 0.3) is 5.91 Å². The molecular formula is C23H26N6O2. The van der Waals surface area contributed by atoms with Gasteiger partial charge in [0.1, 0.15) is 5.82 Å². The number of nitrogens with zero attached hydrogens (tertiary/aromatic N) is 5. The average Bonchev–Trinajstić information content (AvgIpc) is 3.23. The van der Waals surface area contributed by atoms with Crippen molar-refractivity contribution in [3.05, 3.63) is 65.7 Å². The van der Waals surface area contributed by atoms with E-state index in [-0.39, 0.29) is 17.7 Å². The van der Waals surface area contributed by atoms with Crippen molar-refractivity contribution in [3.63, 3.8) is 0 Å². The molecule has 3 aromatic heterocycles. The van der Waals surface area contributed by atoms with E-state index in [9.17, 15) is 9.59 Å². The maximum atomic E-state index is 13.2. The molecule has 8 nitrogen and oxygen atoms in total. The van der Waals surface area contributed by atoms with Crippen LogP contribution in [-0.2, 0) is 11.2 Å². The first-order valence-electron chi connectivity index (χ1n) is 10.6. The molecule has 0 atom stereocenters. The number of likely N-dealkylation sites (tertiary alicyclic amines) is 1. The number of piperidine rings is 1. The smallest absolute Gasteiger partial charge is 0.257 e. The maximum Gasteiger partial charge on any atom is 0.257 e. The lowest BCUT2D eigenvalue weighted by atomic mass is 9.95. The highest BCUT2D eigenvalue weighted by Crippen LogP contribution is 2.23. The van der Waals surface area contributed by atoms with Crippen LogP contribution < -0.4 is 5.32 Å². The molecule has 1 aliphatic heterocycles. The summed E-state index contributed by atoms with van der Waals surface area (Å²) in [5.41, 5.74) is 2.48. The van der Waals surface area contributed by atoms with E-state index in [0.717, 1.165) is 11.3 Å². The van der Waals surface area contributed by atoms with E-state index >= 15 is 0 Å². The molecule has 0 bridgehead atoms. The summed E-state index contributed by atoms with van der Waals surface area (Å²) in [5, 5.41) is 7.30. The van der Waals surface area contributed by atoms with Gasteiger partial charge in [0, 0.05) is 31.4 Å². The molecule has 160 valence electrons. The molecular weight excluding hydrogens is 392 g/mol. The first-order chi connectivity index (χ1) is 15.1. The Morgan fingerprint density at radius 1 is 1.13 bits per heavy atom. The highest BCUT2D eigenvalue weighted by molar-refractivity contribution is 5.96. The van der Waals surface area contributed by atoms with Gasteiger partial charge < -0.3 is 10.2 Å². The van der Waals surface area contributed by atoms with Crippen molar-refractivity contribution in [2.45, 2.75) is 33.1 Å². The van der Waals surface area contributed by atoms with Crippen molar-refractivity contribution in [2.75, 3.05) is 18.4 Å². The van der Waals surface area contributed by atoms with Crippen LogP contribution >= 0.6 is 0 Å². The van der Waals surface area contributed by atoms with Crippen LogP contribution in [0.15, 0.2) is 48.9 Å². The summed E-state index contributed by atoms with van der Waals surface area (Å²) in [5.74, 6) is 1.05. The van der Waals surface area contributed by atoms with Gasteiger partial charge in [-0.05, 0) is 56.0 Å². The van der Waals surface area contributed by atoms with Gasteiger partial charge in [0.2, 0.25) is 5.91 Å². The predicted molar refractivity (Wildman–Crippen MR) is 117 cm³/mol. The van der Waals surface area contributed by atoms with Crippen molar-refractivity contribution in [1.82, 2.24) is 24.6 Å². The summed E-state index contributed by atoms with van der Waals surface area (Å²) in [6.45, 7) is 5.04. The normalized spacial score (nSPS) is 14.5. The van der Waals surface area contributed by atoms with Gasteiger partial charge in [-0.25, -0.2) is 14.6 Å². The van der Waals surface area contributed by atoms with Crippen molar-refractivity contribution in [2.24, 2.45) is 5.92 Å². The first kappa shape index (κ1) is 20.7. The number of carbonyl (C=O) groups excluding carboxylic acids is 2. The summed E-state index contributed by atoms with van der Waals surface area (Å²) in [6.07, 6.45) is 6.93. The molecule has 1 aliphatic rings. The van der Waals surface area contributed by atoms with Crippen LogP contribution in [-0.4, -0.2) is 49.6 Å². The average molecular weight is 419 g/mol. The molecule has 2 amide bonds. The van der Waals surface area contributed by atoms with Gasteiger partial charge in [-0.15, -0.1) is 0 Å². The van der Waals surface area contributed by atoms with Crippen molar-refractivity contribution < 1.29 is 9.59 Å². The Balaban J connectivity index is 1.40. The lowest BCUT2D eigenvalue weighted by Crippen LogP contribution is -2.41. The molecule has 0 aliphatic carbocycles. The molecule has 0 unspecified atom stereocenters. The van der Waals surface area contributed by atoms with E-state index in [4.69, 9.17) is 0 Å². The van der Waals surface area contributed by atoms with Gasteiger partial charge in [-0.1, -0.05) is 13.0 Å². The van der Waals surface area contributed by atoms with Gasteiger partial charge in [-0.2, -0.15) is 5.10 Å². The number of hydrogen-bond donors (Lipinski definition) is 1. The minimum Gasteiger partial charge on any atom is -0.338 e. The number of hydrogen-bond acceptors (Lipinski definition) is 5. The zero-order valence-corrected chi connectivity index (χ0v) is 17.8. The van der Waals surface area contributed by atoms with Gasteiger partial charge in [0.15, 0.2) is 5.82 Å². The topological polar surface area (TPSA) is 93.0 Å². The fourth-order valence-corrected chi connectivity index (χ4v) is 3.92. The number of amides is 2. The molecule has 0 radical (unpaired) electrons. The Labute approximate surface area is 181 Å². The van der Waals surface area contributed by atoms with Gasteiger partial charge in [-0.3, -0.25) is 9.59 Å². The quantitative estimate of drug-likeness (QED) is 0.688. The van der Waals surface area contributed by atoms with Crippen LogP contribution in [0.2, 0.25) is 0 Å². The number of anilines is 1. The summed E-state index contributed by atoms with van der Waals surface area (Å²) in [4.78, 5) is 36.1. The molecule has 4 rings (SSSR count). The molecule has 0 aromatic carbocycles. The van der Waals surface area contributed by atoms with Crippen molar-refractivity contribution >= 4 is 17.6 Å². The van der Waals surface area contributed by atoms with Crippen LogP contribution in [0.5, 0.6) is 0 Å². The molecule has 3 aromatic rings. The molecule has 31 heavy (non-hydrogen) atoms. The third kappa shape index (κ3) is 4.47. The largest absolute Gasteiger partial charge is 0.338 e. The van der Waals surface area contributed by atoms with Crippen LogP contribution in [0.1, 0.15) is 41.4 Å². The molecule has 1 saturated heterocycles. The van der Waals surface area contributed by atoms with E-state index in [1.165, 1.54) is 0 Å². The van der Waals surface area contributed by atoms with E-state index in [1.54, 1.807) is 23.3 Å². The van der Waals surface area contributed by atoms with E-state index < -0.39 is 0 Å². The zero-order chi connectivity index (χ0) is 21.8. The monoisotopic (exact) mass is 418 g/mol. The Bertz CT molecular complexity index is 1070. The number of carbonyl (C=O) groups is 2. The molecule has 8 heteroatoms. The highest BCUT2D eigenvalue weighted by Gasteiger charge is 2.30. The maximum absolute atomic E-state index is 13.2. The van der Waals surface area contributed by atoms with Gasteiger partial charge in [0.05, 0.1) is 17.5 Å². The highest BCUT2D eigenvalue weighted by atomic mass is 16.2. The van der Waals surface area contributed by atoms with Crippen LogP contribution in [0.4, 0.5) is 5.82 Å². The fourth-order valence-electron chi connectivity index (χ4n) is 3.92. The number of aryl methyl sites for hydroxylation is 1. The molecule has 1 N–H and O–H groups in total. The van der Waals surface area contributed by atoms with Crippen LogP contribution in [0.25, 0.3) is 5.82 Å². The summed E-state index contributed by atoms with van der Waals surface area (Å²) < 4.78 is 1.72. The third-order valence-electron chi connectivity index (χ3n) is 5.62. The number of aromatic nitrogens is 4. The minimum atomic E-state index is -0.131. The van der Waals surface area contributed by atoms with E-state index in [1.807, 2.05) is 49.1 Å². The van der Waals surface area contributed by atoms with Gasteiger partial charge >= 0.3 is 0 Å². The fraction of sp³-hybridized carbons (Fsp3) is 0.348. The van der Waals surface area contributed by atoms with Crippen molar-refractivity contribution in [3.8, 4) is 5.82 Å². The first-order valence-corrected chi connectivity index (χ1v) is 10.6.